The van der Waals surface area contributed by atoms with Crippen molar-refractivity contribution in [1.82, 2.24) is 15.1 Å². The highest BCUT2D eigenvalue weighted by molar-refractivity contribution is 7.92. The van der Waals surface area contributed by atoms with E-state index in [9.17, 15) is 17.6 Å². The van der Waals surface area contributed by atoms with Gasteiger partial charge in [-0.2, -0.15) is 0 Å². The first kappa shape index (κ1) is 22.6. The standard InChI is InChI=1S/C19H31FN4O3S/c1-4-18(24(28(3,26)27)17-8-6-16(20)7-9-17)19(25)21-10-5-11-23-14-12-22(2)13-15-23/h6-9,18H,4-5,10-15H2,1-3H3,(H,21,25)/t18-/m0/s1. The zero-order valence-electron chi connectivity index (χ0n) is 16.9. The number of likely N-dealkylation sites (N-methyl/N-ethyl adjacent to an activating group) is 1. The number of sulfonamides is 1. The number of nitrogens with zero attached hydrogens (tertiary/aromatic N) is 3. The van der Waals surface area contributed by atoms with E-state index in [0.29, 0.717) is 13.0 Å². The van der Waals surface area contributed by atoms with Gasteiger partial charge in [0.1, 0.15) is 11.9 Å². The number of hydrogen-bond donors (Lipinski definition) is 1. The van der Waals surface area contributed by atoms with Crippen LogP contribution in [0.5, 0.6) is 0 Å². The average molecular weight is 415 g/mol. The highest BCUT2D eigenvalue weighted by Crippen LogP contribution is 2.22. The summed E-state index contributed by atoms with van der Waals surface area (Å²) < 4.78 is 38.9. The molecule has 0 radical (unpaired) electrons. The van der Waals surface area contributed by atoms with Gasteiger partial charge in [0.15, 0.2) is 0 Å². The van der Waals surface area contributed by atoms with Crippen LogP contribution in [-0.2, 0) is 14.8 Å². The molecule has 0 spiro atoms. The van der Waals surface area contributed by atoms with Crippen molar-refractivity contribution in [2.24, 2.45) is 0 Å². The maximum Gasteiger partial charge on any atom is 0.243 e. The highest BCUT2D eigenvalue weighted by atomic mass is 32.2. The van der Waals surface area contributed by atoms with E-state index in [1.807, 2.05) is 0 Å². The van der Waals surface area contributed by atoms with E-state index in [1.54, 1.807) is 6.92 Å². The molecule has 28 heavy (non-hydrogen) atoms. The number of anilines is 1. The van der Waals surface area contributed by atoms with Gasteiger partial charge in [0.05, 0.1) is 11.9 Å². The molecule has 1 aliphatic rings. The fraction of sp³-hybridized carbons (Fsp3) is 0.632. The molecule has 158 valence electrons. The van der Waals surface area contributed by atoms with Crippen molar-refractivity contribution in [1.29, 1.82) is 0 Å². The number of hydrogen-bond acceptors (Lipinski definition) is 5. The van der Waals surface area contributed by atoms with Crippen LogP contribution < -0.4 is 9.62 Å². The van der Waals surface area contributed by atoms with E-state index in [2.05, 4.69) is 22.2 Å². The lowest BCUT2D eigenvalue weighted by atomic mass is 10.2. The number of piperazine rings is 1. The molecule has 1 aromatic rings. The number of rotatable bonds is 9. The maximum absolute atomic E-state index is 13.2. The van der Waals surface area contributed by atoms with E-state index in [0.717, 1.165) is 49.7 Å². The Morgan fingerprint density at radius 3 is 2.36 bits per heavy atom. The Labute approximate surface area is 167 Å². The summed E-state index contributed by atoms with van der Waals surface area (Å²) in [5, 5.41) is 2.86. The quantitative estimate of drug-likeness (QED) is 0.613. The minimum Gasteiger partial charge on any atom is -0.354 e. The number of amides is 1. The second-order valence-corrected chi connectivity index (χ2v) is 9.11. The summed E-state index contributed by atoms with van der Waals surface area (Å²) >= 11 is 0. The van der Waals surface area contributed by atoms with Crippen molar-refractivity contribution in [2.45, 2.75) is 25.8 Å². The van der Waals surface area contributed by atoms with Crippen LogP contribution in [0.2, 0.25) is 0 Å². The van der Waals surface area contributed by atoms with Gasteiger partial charge in [-0.15, -0.1) is 0 Å². The highest BCUT2D eigenvalue weighted by Gasteiger charge is 2.31. The van der Waals surface area contributed by atoms with Gasteiger partial charge in [0, 0.05) is 32.7 Å². The van der Waals surface area contributed by atoms with Gasteiger partial charge in [-0.3, -0.25) is 9.10 Å². The Bertz CT molecular complexity index is 734. The van der Waals surface area contributed by atoms with Crippen LogP contribution in [-0.4, -0.2) is 82.7 Å². The second kappa shape index (κ2) is 10.2. The van der Waals surface area contributed by atoms with Crippen molar-refractivity contribution in [3.05, 3.63) is 30.1 Å². The molecule has 1 N–H and O–H groups in total. The summed E-state index contributed by atoms with van der Waals surface area (Å²) in [7, 11) is -1.59. The summed E-state index contributed by atoms with van der Waals surface area (Å²) in [4.78, 5) is 17.3. The molecule has 0 aliphatic carbocycles. The summed E-state index contributed by atoms with van der Waals surface area (Å²) in [6, 6.07) is 4.26. The van der Waals surface area contributed by atoms with Gasteiger partial charge >= 0.3 is 0 Å². The topological polar surface area (TPSA) is 73.0 Å². The minimum absolute atomic E-state index is 0.281. The van der Waals surface area contributed by atoms with Crippen LogP contribution in [0.1, 0.15) is 19.8 Å². The summed E-state index contributed by atoms with van der Waals surface area (Å²) in [5.41, 5.74) is 0.281. The van der Waals surface area contributed by atoms with Crippen LogP contribution >= 0.6 is 0 Å². The third kappa shape index (κ3) is 6.42. The SMILES string of the molecule is CC[C@@H](C(=O)NCCCN1CCN(C)CC1)N(c1ccc(F)cc1)S(C)(=O)=O. The zero-order valence-corrected chi connectivity index (χ0v) is 17.7. The Balaban J connectivity index is 1.95. The van der Waals surface area contributed by atoms with Gasteiger partial charge in [0.25, 0.3) is 0 Å². The second-order valence-electron chi connectivity index (χ2n) is 7.25. The van der Waals surface area contributed by atoms with Crippen LogP contribution in [0.4, 0.5) is 10.1 Å². The molecule has 2 rings (SSSR count). The molecule has 0 saturated carbocycles. The van der Waals surface area contributed by atoms with Gasteiger partial charge in [0.2, 0.25) is 15.9 Å². The summed E-state index contributed by atoms with van der Waals surface area (Å²) in [6.07, 6.45) is 2.18. The first-order valence-electron chi connectivity index (χ1n) is 9.66. The van der Waals surface area contributed by atoms with Crippen LogP contribution in [0.25, 0.3) is 0 Å². The Hall–Kier alpha value is -1.71. The first-order chi connectivity index (χ1) is 13.2. The lowest BCUT2D eigenvalue weighted by Gasteiger charge is -2.32. The van der Waals surface area contributed by atoms with Crippen molar-refractivity contribution in [3.8, 4) is 0 Å². The number of benzene rings is 1. The molecule has 9 heteroatoms. The van der Waals surface area contributed by atoms with Gasteiger partial charge < -0.3 is 15.1 Å². The molecule has 1 aliphatic heterocycles. The molecular weight excluding hydrogens is 383 g/mol. The average Bonchev–Trinajstić information content (AvgIpc) is 2.64. The molecule has 1 fully saturated rings. The third-order valence-corrected chi connectivity index (χ3v) is 6.14. The van der Waals surface area contributed by atoms with Gasteiger partial charge in [-0.25, -0.2) is 12.8 Å². The third-order valence-electron chi connectivity index (χ3n) is 4.96. The van der Waals surface area contributed by atoms with Crippen LogP contribution in [0.15, 0.2) is 24.3 Å². The molecule has 7 nitrogen and oxygen atoms in total. The van der Waals surface area contributed by atoms with Crippen molar-refractivity contribution >= 4 is 21.6 Å². The zero-order chi connectivity index (χ0) is 20.7. The van der Waals surface area contributed by atoms with Crippen molar-refractivity contribution in [3.63, 3.8) is 0 Å². The molecule has 1 atom stereocenters. The lowest BCUT2D eigenvalue weighted by Crippen LogP contribution is -2.50. The van der Waals surface area contributed by atoms with E-state index >= 15 is 0 Å². The predicted molar refractivity (Wildman–Crippen MR) is 109 cm³/mol. The van der Waals surface area contributed by atoms with Crippen molar-refractivity contribution in [2.75, 3.05) is 56.9 Å². The number of halogens is 1. The Morgan fingerprint density at radius 2 is 1.82 bits per heavy atom. The van der Waals surface area contributed by atoms with Gasteiger partial charge in [-0.05, 0) is 50.7 Å². The molecule has 1 saturated heterocycles. The first-order valence-corrected chi connectivity index (χ1v) is 11.5. The van der Waals surface area contributed by atoms with E-state index in [4.69, 9.17) is 0 Å². The maximum atomic E-state index is 13.2. The lowest BCUT2D eigenvalue weighted by molar-refractivity contribution is -0.122. The van der Waals surface area contributed by atoms with Crippen LogP contribution in [0.3, 0.4) is 0 Å². The van der Waals surface area contributed by atoms with Crippen molar-refractivity contribution < 1.29 is 17.6 Å². The minimum atomic E-state index is -3.70. The van der Waals surface area contributed by atoms with Crippen LogP contribution in [0, 0.1) is 5.82 Å². The molecular formula is C19H31FN4O3S. The van der Waals surface area contributed by atoms with E-state index in [1.165, 1.54) is 24.3 Å². The monoisotopic (exact) mass is 414 g/mol. The van der Waals surface area contributed by atoms with E-state index in [-0.39, 0.29) is 11.6 Å². The molecule has 0 unspecified atom stereocenters. The Kier molecular flexibility index (Phi) is 8.21. The molecule has 1 heterocycles. The van der Waals surface area contributed by atoms with Gasteiger partial charge in [-0.1, -0.05) is 6.92 Å². The smallest absolute Gasteiger partial charge is 0.243 e. The fourth-order valence-electron chi connectivity index (χ4n) is 3.35. The number of nitrogens with one attached hydrogen (secondary N) is 1. The largest absolute Gasteiger partial charge is 0.354 e. The molecule has 1 aromatic carbocycles. The summed E-state index contributed by atoms with van der Waals surface area (Å²) in [5.74, 6) is -0.797. The fourth-order valence-corrected chi connectivity index (χ4v) is 4.56. The normalized spacial score (nSPS) is 17.3. The van der Waals surface area contributed by atoms with E-state index < -0.39 is 21.9 Å². The predicted octanol–water partition coefficient (Wildman–Crippen LogP) is 1.12. The number of carbonyl (C=O) groups is 1. The molecule has 1 amide bonds. The molecule has 0 aromatic heterocycles. The molecule has 0 bridgehead atoms. The summed E-state index contributed by atoms with van der Waals surface area (Å²) in [6.45, 7) is 7.29. The Morgan fingerprint density at radius 1 is 1.21 bits per heavy atom. The number of carbonyl (C=O) groups excluding carboxylic acids is 1.